The summed E-state index contributed by atoms with van der Waals surface area (Å²) < 4.78 is 1.84. The summed E-state index contributed by atoms with van der Waals surface area (Å²) in [5.41, 5.74) is -0.0822. The van der Waals surface area contributed by atoms with Gasteiger partial charge in [-0.3, -0.25) is 4.79 Å². The van der Waals surface area contributed by atoms with E-state index in [9.17, 15) is 4.79 Å². The van der Waals surface area contributed by atoms with E-state index < -0.39 is 0 Å². The third-order valence-electron chi connectivity index (χ3n) is 1.44. The minimum absolute atomic E-state index is 0.0822. The topological polar surface area (TPSA) is 17.1 Å². The number of rotatable bonds is 3. The molecule has 3 heteroatoms. The monoisotopic (exact) mass is 352 g/mol. The van der Waals surface area contributed by atoms with Crippen LogP contribution >= 0.6 is 45.2 Å². The Labute approximate surface area is 83.2 Å². The molecule has 0 atom stereocenters. The average molecular weight is 352 g/mol. The summed E-state index contributed by atoms with van der Waals surface area (Å²) in [6.07, 6.45) is 0. The highest BCUT2D eigenvalue weighted by atomic mass is 127. The molecule has 0 amide bonds. The first-order valence-corrected chi connectivity index (χ1v) is 5.75. The zero-order valence-corrected chi connectivity index (χ0v) is 9.89. The van der Waals surface area contributed by atoms with Crippen molar-refractivity contribution in [3.8, 4) is 0 Å². The Kier molecular flexibility index (Phi) is 4.62. The van der Waals surface area contributed by atoms with Crippen molar-refractivity contribution >= 4 is 51.0 Å². The largest absolute Gasteiger partial charge is 0.299 e. The van der Waals surface area contributed by atoms with Crippen molar-refractivity contribution in [1.82, 2.24) is 0 Å². The summed E-state index contributed by atoms with van der Waals surface area (Å²) in [5, 5.41) is 0. The fourth-order valence-corrected chi connectivity index (χ4v) is 2.87. The lowest BCUT2D eigenvalue weighted by Gasteiger charge is -2.19. The van der Waals surface area contributed by atoms with E-state index >= 15 is 0 Å². The highest BCUT2D eigenvalue weighted by Gasteiger charge is 2.26. The van der Waals surface area contributed by atoms with Gasteiger partial charge in [0.1, 0.15) is 5.78 Å². The standard InChI is InChI=1S/C6H10I2O/c1-5(9)6(2,3-7)4-8/h3-4H2,1-2H3. The number of hydrogen-bond donors (Lipinski definition) is 0. The van der Waals surface area contributed by atoms with Gasteiger partial charge in [-0.25, -0.2) is 0 Å². The Morgan fingerprint density at radius 1 is 1.44 bits per heavy atom. The molecule has 0 N–H and O–H groups in total. The Morgan fingerprint density at radius 3 is 1.78 bits per heavy atom. The predicted molar refractivity (Wildman–Crippen MR) is 56.6 cm³/mol. The van der Waals surface area contributed by atoms with Gasteiger partial charge in [0, 0.05) is 14.3 Å². The molecule has 0 saturated carbocycles. The van der Waals surface area contributed by atoms with Crippen molar-refractivity contribution in [2.75, 3.05) is 8.86 Å². The van der Waals surface area contributed by atoms with Crippen molar-refractivity contribution in [2.45, 2.75) is 13.8 Å². The molecule has 54 valence electrons. The van der Waals surface area contributed by atoms with E-state index in [1.165, 1.54) is 0 Å². The molecular weight excluding hydrogens is 342 g/mol. The maximum atomic E-state index is 10.9. The minimum atomic E-state index is -0.0822. The highest BCUT2D eigenvalue weighted by molar-refractivity contribution is 14.1. The molecular formula is C6H10I2O. The van der Waals surface area contributed by atoms with Gasteiger partial charge in [0.2, 0.25) is 0 Å². The van der Waals surface area contributed by atoms with Crippen molar-refractivity contribution in [3.05, 3.63) is 0 Å². The molecule has 0 aromatic carbocycles. The van der Waals surface area contributed by atoms with Gasteiger partial charge in [-0.2, -0.15) is 0 Å². The van der Waals surface area contributed by atoms with Gasteiger partial charge >= 0.3 is 0 Å². The van der Waals surface area contributed by atoms with Gasteiger partial charge in [-0.1, -0.05) is 52.1 Å². The van der Waals surface area contributed by atoms with Gasteiger partial charge in [0.15, 0.2) is 0 Å². The van der Waals surface area contributed by atoms with Crippen LogP contribution in [-0.2, 0) is 4.79 Å². The molecule has 0 saturated heterocycles. The Hall–Kier alpha value is 1.13. The zero-order valence-electron chi connectivity index (χ0n) is 5.58. The third kappa shape index (κ3) is 2.69. The number of carbonyl (C=O) groups excluding carboxylic acids is 1. The van der Waals surface area contributed by atoms with Crippen molar-refractivity contribution < 1.29 is 4.79 Å². The summed E-state index contributed by atoms with van der Waals surface area (Å²) in [4.78, 5) is 10.9. The maximum absolute atomic E-state index is 10.9. The van der Waals surface area contributed by atoms with Crippen LogP contribution in [-0.4, -0.2) is 14.6 Å². The van der Waals surface area contributed by atoms with E-state index in [0.717, 1.165) is 8.86 Å². The lowest BCUT2D eigenvalue weighted by molar-refractivity contribution is -0.123. The number of halogens is 2. The van der Waals surface area contributed by atoms with Gasteiger partial charge in [-0.15, -0.1) is 0 Å². The highest BCUT2D eigenvalue weighted by Crippen LogP contribution is 2.23. The lowest BCUT2D eigenvalue weighted by Crippen LogP contribution is -2.28. The quantitative estimate of drug-likeness (QED) is 0.564. The summed E-state index contributed by atoms with van der Waals surface area (Å²) in [7, 11) is 0. The van der Waals surface area contributed by atoms with E-state index in [0.29, 0.717) is 5.78 Å². The molecule has 9 heavy (non-hydrogen) atoms. The zero-order chi connectivity index (χ0) is 7.49. The second-order valence-electron chi connectivity index (χ2n) is 2.38. The second-order valence-corrected chi connectivity index (χ2v) is 3.91. The Balaban J connectivity index is 4.09. The molecule has 0 spiro atoms. The SMILES string of the molecule is CC(=O)C(C)(CI)CI. The molecule has 0 aromatic rings. The fraction of sp³-hybridized carbons (Fsp3) is 0.833. The van der Waals surface area contributed by atoms with Crippen LogP contribution in [0.25, 0.3) is 0 Å². The summed E-state index contributed by atoms with van der Waals surface area (Å²) >= 11 is 4.51. The van der Waals surface area contributed by atoms with Crippen LogP contribution in [0.2, 0.25) is 0 Å². The van der Waals surface area contributed by atoms with Crippen LogP contribution in [0.1, 0.15) is 13.8 Å². The number of alkyl halides is 2. The summed E-state index contributed by atoms with van der Waals surface area (Å²) in [6, 6.07) is 0. The number of carbonyl (C=O) groups is 1. The molecule has 0 aliphatic rings. The first-order valence-electron chi connectivity index (χ1n) is 2.70. The average Bonchev–Trinajstić information content (AvgIpc) is 1.86. The van der Waals surface area contributed by atoms with Crippen molar-refractivity contribution in [2.24, 2.45) is 5.41 Å². The molecule has 1 nitrogen and oxygen atoms in total. The van der Waals surface area contributed by atoms with Gasteiger partial charge in [0.05, 0.1) is 0 Å². The first-order chi connectivity index (χ1) is 4.06. The van der Waals surface area contributed by atoms with E-state index in [-0.39, 0.29) is 5.41 Å². The van der Waals surface area contributed by atoms with Crippen molar-refractivity contribution in [3.63, 3.8) is 0 Å². The molecule has 0 bridgehead atoms. The Morgan fingerprint density at radius 2 is 1.78 bits per heavy atom. The van der Waals surface area contributed by atoms with Crippen LogP contribution in [0.4, 0.5) is 0 Å². The second kappa shape index (κ2) is 4.10. The molecule has 0 unspecified atom stereocenters. The Bertz CT molecular complexity index is 108. The molecule has 0 aliphatic carbocycles. The minimum Gasteiger partial charge on any atom is -0.299 e. The predicted octanol–water partition coefficient (Wildman–Crippen LogP) is 2.45. The molecule has 0 radical (unpaired) electrons. The fourth-order valence-electron chi connectivity index (χ4n) is 0.224. The number of hydrogen-bond acceptors (Lipinski definition) is 1. The van der Waals surface area contributed by atoms with Crippen LogP contribution in [0.15, 0.2) is 0 Å². The molecule has 0 aromatic heterocycles. The normalized spacial score (nSPS) is 11.6. The summed E-state index contributed by atoms with van der Waals surface area (Å²) in [5.74, 6) is 0.298. The van der Waals surface area contributed by atoms with Crippen LogP contribution in [0, 0.1) is 5.41 Å². The summed E-state index contributed by atoms with van der Waals surface area (Å²) in [6.45, 7) is 3.67. The van der Waals surface area contributed by atoms with Gasteiger partial charge in [0.25, 0.3) is 0 Å². The lowest BCUT2D eigenvalue weighted by atomic mass is 9.92. The van der Waals surface area contributed by atoms with Crippen LogP contribution in [0.3, 0.4) is 0 Å². The number of ketones is 1. The van der Waals surface area contributed by atoms with Crippen LogP contribution < -0.4 is 0 Å². The molecule has 0 rings (SSSR count). The van der Waals surface area contributed by atoms with E-state index in [4.69, 9.17) is 0 Å². The number of Topliss-reactive ketones (excluding diaryl/α,β-unsaturated/α-hetero) is 1. The molecule has 0 fully saturated rings. The van der Waals surface area contributed by atoms with E-state index in [2.05, 4.69) is 45.2 Å². The molecule has 0 heterocycles. The maximum Gasteiger partial charge on any atom is 0.137 e. The first kappa shape index (κ1) is 10.1. The van der Waals surface area contributed by atoms with E-state index in [1.54, 1.807) is 6.92 Å². The van der Waals surface area contributed by atoms with Crippen molar-refractivity contribution in [1.29, 1.82) is 0 Å². The smallest absolute Gasteiger partial charge is 0.137 e. The van der Waals surface area contributed by atoms with Gasteiger partial charge in [-0.05, 0) is 6.92 Å². The van der Waals surface area contributed by atoms with E-state index in [1.807, 2.05) is 6.92 Å². The third-order valence-corrected chi connectivity index (χ3v) is 4.81. The van der Waals surface area contributed by atoms with Gasteiger partial charge < -0.3 is 0 Å². The van der Waals surface area contributed by atoms with Crippen LogP contribution in [0.5, 0.6) is 0 Å². The molecule has 0 aliphatic heterocycles.